The second kappa shape index (κ2) is 8.35. The summed E-state index contributed by atoms with van der Waals surface area (Å²) in [6.07, 6.45) is -0.841. The second-order valence-electron chi connectivity index (χ2n) is 7.13. The van der Waals surface area contributed by atoms with Crippen molar-refractivity contribution in [3.8, 4) is 5.75 Å². The number of likely N-dealkylation sites (tertiary alicyclic amines) is 1. The number of imidazole rings is 1. The Morgan fingerprint density at radius 3 is 2.50 bits per heavy atom. The van der Waals surface area contributed by atoms with Gasteiger partial charge in [0.15, 0.2) is 5.69 Å². The van der Waals surface area contributed by atoms with Gasteiger partial charge in [-0.1, -0.05) is 18.2 Å². The van der Waals surface area contributed by atoms with Crippen LogP contribution in [0.3, 0.4) is 0 Å². The minimum absolute atomic E-state index is 0.0679. The normalized spacial score (nSPS) is 14.4. The van der Waals surface area contributed by atoms with Crippen LogP contribution < -0.4 is 10.1 Å². The Balaban J connectivity index is 1.47. The first-order valence-electron chi connectivity index (χ1n) is 9.71. The molecule has 1 aliphatic rings. The maximum absolute atomic E-state index is 12.9. The third-order valence-corrected chi connectivity index (χ3v) is 5.00. The highest BCUT2D eigenvalue weighted by atomic mass is 19.4. The molecule has 0 bridgehead atoms. The fraction of sp³-hybridized carbons (Fsp3) is 0.333. The van der Waals surface area contributed by atoms with Gasteiger partial charge in [-0.15, -0.1) is 13.2 Å². The number of hydrogen-bond acceptors (Lipinski definition) is 4. The molecule has 6 nitrogen and oxygen atoms in total. The lowest BCUT2D eigenvalue weighted by molar-refractivity contribution is -0.274. The number of amides is 1. The van der Waals surface area contributed by atoms with E-state index in [0.717, 1.165) is 37.2 Å². The summed E-state index contributed by atoms with van der Waals surface area (Å²) in [4.78, 5) is 19.3. The molecule has 0 aliphatic carbocycles. The molecule has 30 heavy (non-hydrogen) atoms. The fourth-order valence-corrected chi connectivity index (χ4v) is 3.59. The number of ether oxygens (including phenoxy) is 1. The van der Waals surface area contributed by atoms with Crippen LogP contribution in [-0.4, -0.2) is 39.6 Å². The lowest BCUT2D eigenvalue weighted by Gasteiger charge is -2.15. The summed E-state index contributed by atoms with van der Waals surface area (Å²) >= 11 is 0. The number of carbonyl (C=O) groups is 1. The molecule has 0 radical (unpaired) electrons. The number of halogens is 3. The van der Waals surface area contributed by atoms with E-state index in [-0.39, 0.29) is 11.7 Å². The minimum atomic E-state index is -4.71. The Bertz CT molecular complexity index is 1020. The van der Waals surface area contributed by atoms with E-state index >= 15 is 0 Å². The van der Waals surface area contributed by atoms with Crippen LogP contribution in [-0.2, 0) is 13.1 Å². The Kier molecular flexibility index (Phi) is 5.63. The Hall–Kier alpha value is -3.07. The van der Waals surface area contributed by atoms with E-state index in [1.165, 1.54) is 12.1 Å². The second-order valence-corrected chi connectivity index (χ2v) is 7.13. The van der Waals surface area contributed by atoms with E-state index < -0.39 is 6.36 Å². The van der Waals surface area contributed by atoms with Crippen molar-refractivity contribution in [3.63, 3.8) is 0 Å². The van der Waals surface area contributed by atoms with E-state index in [0.29, 0.717) is 24.4 Å². The summed E-state index contributed by atoms with van der Waals surface area (Å²) in [5.41, 5.74) is 2.69. The number of rotatable bonds is 6. The predicted octanol–water partition coefficient (Wildman–Crippen LogP) is 3.76. The van der Waals surface area contributed by atoms with E-state index in [1.54, 1.807) is 12.1 Å². The molecule has 1 amide bonds. The molecule has 3 heterocycles. The number of hydrogen-bond donors (Lipinski definition) is 1. The summed E-state index contributed by atoms with van der Waals surface area (Å²) in [5.74, 6) is -0.326. The van der Waals surface area contributed by atoms with Gasteiger partial charge >= 0.3 is 6.36 Å². The van der Waals surface area contributed by atoms with Crippen molar-refractivity contribution < 1.29 is 22.7 Å². The van der Waals surface area contributed by atoms with Crippen LogP contribution in [0.5, 0.6) is 5.75 Å². The van der Waals surface area contributed by atoms with Gasteiger partial charge in [-0.3, -0.25) is 4.79 Å². The van der Waals surface area contributed by atoms with Crippen molar-refractivity contribution in [3.05, 3.63) is 65.6 Å². The summed E-state index contributed by atoms with van der Waals surface area (Å²) in [5, 5.41) is 3.26. The number of fused-ring (bicyclic) bond motifs is 1. The summed E-state index contributed by atoms with van der Waals surface area (Å²) < 4.78 is 42.6. The van der Waals surface area contributed by atoms with Gasteiger partial charge < -0.3 is 19.4 Å². The van der Waals surface area contributed by atoms with Crippen molar-refractivity contribution in [1.82, 2.24) is 19.6 Å². The highest BCUT2D eigenvalue weighted by Crippen LogP contribution is 2.23. The molecule has 9 heteroatoms. The van der Waals surface area contributed by atoms with Crippen molar-refractivity contribution in [2.24, 2.45) is 0 Å². The number of pyridine rings is 1. The Morgan fingerprint density at radius 2 is 1.80 bits per heavy atom. The van der Waals surface area contributed by atoms with Crippen LogP contribution in [0.1, 0.15) is 34.6 Å². The monoisotopic (exact) mass is 418 g/mol. The molecule has 0 saturated carbocycles. The quantitative estimate of drug-likeness (QED) is 0.662. The first-order chi connectivity index (χ1) is 14.4. The Morgan fingerprint density at radius 1 is 1.07 bits per heavy atom. The van der Waals surface area contributed by atoms with E-state index in [4.69, 9.17) is 0 Å². The van der Waals surface area contributed by atoms with Crippen LogP contribution in [0, 0.1) is 0 Å². The largest absolute Gasteiger partial charge is 0.573 e. The van der Waals surface area contributed by atoms with E-state index in [9.17, 15) is 18.0 Å². The summed E-state index contributed by atoms with van der Waals surface area (Å²) in [6.45, 7) is 2.29. The van der Waals surface area contributed by atoms with Gasteiger partial charge in [-0.2, -0.15) is 0 Å². The van der Waals surface area contributed by atoms with Gasteiger partial charge in [-0.25, -0.2) is 4.98 Å². The lowest BCUT2D eigenvalue weighted by Crippen LogP contribution is -2.29. The molecule has 1 N–H and O–H groups in total. The standard InChI is InChI=1S/C21H21F3N4O2/c22-21(23,24)30-16-8-6-15(7-9-16)13-25-14-17-19(20(29)27-10-3-4-11-27)26-18-5-1-2-12-28(17)18/h1-2,5-9,12,25H,3-4,10-11,13-14H2. The van der Waals surface area contributed by atoms with Gasteiger partial charge in [0, 0.05) is 32.4 Å². The number of nitrogens with one attached hydrogen (secondary N) is 1. The number of carbonyl (C=O) groups excluding carboxylic acids is 1. The minimum Gasteiger partial charge on any atom is -0.406 e. The maximum Gasteiger partial charge on any atom is 0.573 e. The van der Waals surface area contributed by atoms with Gasteiger partial charge in [0.25, 0.3) is 5.91 Å². The fourth-order valence-electron chi connectivity index (χ4n) is 3.59. The zero-order valence-corrected chi connectivity index (χ0v) is 16.2. The molecule has 3 aromatic rings. The zero-order chi connectivity index (χ0) is 21.1. The number of nitrogens with zero attached hydrogens (tertiary/aromatic N) is 3. The average molecular weight is 418 g/mol. The van der Waals surface area contributed by atoms with Gasteiger partial charge in [0.2, 0.25) is 0 Å². The van der Waals surface area contributed by atoms with E-state index in [2.05, 4.69) is 15.0 Å². The highest BCUT2D eigenvalue weighted by Gasteiger charge is 2.31. The predicted molar refractivity (Wildman–Crippen MR) is 104 cm³/mol. The number of alkyl halides is 3. The summed E-state index contributed by atoms with van der Waals surface area (Å²) in [7, 11) is 0. The Labute approximate surface area is 171 Å². The van der Waals surface area contributed by atoms with Crippen LogP contribution in [0.25, 0.3) is 5.65 Å². The average Bonchev–Trinajstić information content (AvgIpc) is 3.36. The molecule has 1 aromatic carbocycles. The van der Waals surface area contributed by atoms with Crippen LogP contribution in [0.15, 0.2) is 48.7 Å². The first kappa shape index (κ1) is 20.2. The molecule has 0 spiro atoms. The van der Waals surface area contributed by atoms with Crippen LogP contribution >= 0.6 is 0 Å². The summed E-state index contributed by atoms with van der Waals surface area (Å²) in [6, 6.07) is 11.3. The molecule has 158 valence electrons. The molecule has 1 aliphatic heterocycles. The topological polar surface area (TPSA) is 58.9 Å². The molecule has 0 unspecified atom stereocenters. The molecule has 1 fully saturated rings. The van der Waals surface area contributed by atoms with Crippen molar-refractivity contribution in [1.29, 1.82) is 0 Å². The SMILES string of the molecule is O=C(c1nc2ccccn2c1CNCc1ccc(OC(F)(F)F)cc1)N1CCCC1. The third-order valence-electron chi connectivity index (χ3n) is 5.00. The van der Waals surface area contributed by atoms with Crippen LogP contribution in [0.2, 0.25) is 0 Å². The molecule has 2 aromatic heterocycles. The number of aromatic nitrogens is 2. The highest BCUT2D eigenvalue weighted by molar-refractivity contribution is 5.94. The molecule has 1 saturated heterocycles. The van der Waals surface area contributed by atoms with Gasteiger partial charge in [-0.05, 0) is 42.7 Å². The molecular formula is C21H21F3N4O2. The first-order valence-corrected chi connectivity index (χ1v) is 9.71. The van der Waals surface area contributed by atoms with Crippen molar-refractivity contribution >= 4 is 11.6 Å². The maximum atomic E-state index is 12.9. The van der Waals surface area contributed by atoms with Crippen molar-refractivity contribution in [2.45, 2.75) is 32.3 Å². The lowest BCUT2D eigenvalue weighted by atomic mass is 10.2. The smallest absolute Gasteiger partial charge is 0.406 e. The van der Waals surface area contributed by atoms with E-state index in [1.807, 2.05) is 33.7 Å². The van der Waals surface area contributed by atoms with Gasteiger partial charge in [0.05, 0.1) is 5.69 Å². The zero-order valence-electron chi connectivity index (χ0n) is 16.2. The third kappa shape index (κ3) is 4.56. The molecular weight excluding hydrogens is 397 g/mol. The molecule has 0 atom stereocenters. The number of benzene rings is 1. The molecule has 4 rings (SSSR count). The van der Waals surface area contributed by atoms with Crippen LogP contribution in [0.4, 0.5) is 13.2 Å². The van der Waals surface area contributed by atoms with Crippen molar-refractivity contribution in [2.75, 3.05) is 13.1 Å². The van der Waals surface area contributed by atoms with Gasteiger partial charge in [0.1, 0.15) is 11.4 Å².